The van der Waals surface area contributed by atoms with Gasteiger partial charge in [-0.2, -0.15) is 0 Å². The van der Waals surface area contributed by atoms with Crippen molar-refractivity contribution in [2.75, 3.05) is 7.11 Å². The number of methoxy groups -OCH3 is 1. The predicted molar refractivity (Wildman–Crippen MR) is 106 cm³/mol. The number of carbonyl (C=O) groups is 2. The van der Waals surface area contributed by atoms with Gasteiger partial charge in [-0.1, -0.05) is 32.9 Å². The molecule has 1 aromatic rings. The van der Waals surface area contributed by atoms with Gasteiger partial charge < -0.3 is 18.8 Å². The van der Waals surface area contributed by atoms with Crippen molar-refractivity contribution in [2.24, 2.45) is 0 Å². The second kappa shape index (κ2) is 8.02. The molecule has 150 valence electrons. The van der Waals surface area contributed by atoms with Crippen LogP contribution < -0.4 is 4.74 Å². The third-order valence-electron chi connectivity index (χ3n) is 5.37. The van der Waals surface area contributed by atoms with Crippen LogP contribution in [0.4, 0.5) is 0 Å². The molecule has 0 spiro atoms. The maximum absolute atomic E-state index is 12.7. The summed E-state index contributed by atoms with van der Waals surface area (Å²) < 4.78 is 17.1. The number of esters is 1. The van der Waals surface area contributed by atoms with Crippen LogP contribution in [-0.2, 0) is 25.3 Å². The summed E-state index contributed by atoms with van der Waals surface area (Å²) in [6.07, 6.45) is -0.924. The minimum absolute atomic E-state index is 0.000223. The van der Waals surface area contributed by atoms with Crippen molar-refractivity contribution >= 4 is 20.2 Å². The first kappa shape index (κ1) is 21.4. The van der Waals surface area contributed by atoms with E-state index in [2.05, 4.69) is 33.9 Å². The smallest absolute Gasteiger partial charge is 0.304 e. The van der Waals surface area contributed by atoms with Gasteiger partial charge in [-0.05, 0) is 35.8 Å². The second-order valence-electron chi connectivity index (χ2n) is 8.49. The third-order valence-corrected chi connectivity index (χ3v) is 9.88. The van der Waals surface area contributed by atoms with E-state index in [0.29, 0.717) is 6.54 Å². The topological polar surface area (TPSA) is 65.1 Å². The molecule has 1 unspecified atom stereocenters. The summed E-state index contributed by atoms with van der Waals surface area (Å²) in [7, 11) is -0.503. The van der Waals surface area contributed by atoms with Crippen LogP contribution in [0.15, 0.2) is 24.3 Å². The molecular formula is C20H31NO5Si. The number of carbonyl (C=O) groups excluding carboxylic acids is 2. The molecular weight excluding hydrogens is 362 g/mol. The van der Waals surface area contributed by atoms with Crippen molar-refractivity contribution in [1.82, 2.24) is 4.90 Å². The largest absolute Gasteiger partial charge is 0.497 e. The molecule has 0 aromatic heterocycles. The van der Waals surface area contributed by atoms with E-state index in [1.54, 1.807) is 12.0 Å². The van der Waals surface area contributed by atoms with Gasteiger partial charge in [0, 0.05) is 13.5 Å². The summed E-state index contributed by atoms with van der Waals surface area (Å²) in [5.41, 5.74) is 0.939. The zero-order chi connectivity index (χ0) is 20.4. The predicted octanol–water partition coefficient (Wildman–Crippen LogP) is 3.71. The number of nitrogens with zero attached hydrogens (tertiary/aromatic N) is 1. The Bertz CT molecular complexity index is 681. The fraction of sp³-hybridized carbons (Fsp3) is 0.600. The standard InChI is InChI=1S/C20H31NO5Si/c1-14(22)25-19-17(26-27(6,7)20(2,3)4)12-18(23)21(19)13-15-8-10-16(24-5)11-9-15/h8-11,17,19H,12-13H2,1-7H3/t17-,19?/m0/s1. The summed E-state index contributed by atoms with van der Waals surface area (Å²) >= 11 is 0. The van der Waals surface area contributed by atoms with Crippen molar-refractivity contribution in [2.45, 2.75) is 71.1 Å². The van der Waals surface area contributed by atoms with Gasteiger partial charge in [-0.15, -0.1) is 0 Å². The van der Waals surface area contributed by atoms with Crippen LogP contribution in [-0.4, -0.2) is 44.5 Å². The molecule has 1 aliphatic heterocycles. The Kier molecular flexibility index (Phi) is 6.37. The lowest BCUT2D eigenvalue weighted by Crippen LogP contribution is -2.48. The van der Waals surface area contributed by atoms with Gasteiger partial charge in [0.15, 0.2) is 8.32 Å². The maximum Gasteiger partial charge on any atom is 0.304 e. The Balaban J connectivity index is 2.22. The Morgan fingerprint density at radius 3 is 2.30 bits per heavy atom. The molecule has 0 aliphatic carbocycles. The van der Waals surface area contributed by atoms with E-state index < -0.39 is 26.6 Å². The van der Waals surface area contributed by atoms with Crippen LogP contribution in [0.3, 0.4) is 0 Å². The summed E-state index contributed by atoms with van der Waals surface area (Å²) in [5, 5.41) is 0.000223. The molecule has 1 aliphatic rings. The lowest BCUT2D eigenvalue weighted by molar-refractivity contribution is -0.163. The molecule has 0 radical (unpaired) electrons. The Labute approximate surface area is 162 Å². The Morgan fingerprint density at radius 2 is 1.81 bits per heavy atom. The summed E-state index contributed by atoms with van der Waals surface area (Å²) in [5.74, 6) is 0.265. The van der Waals surface area contributed by atoms with E-state index >= 15 is 0 Å². The van der Waals surface area contributed by atoms with Crippen molar-refractivity contribution in [3.63, 3.8) is 0 Å². The highest BCUT2D eigenvalue weighted by molar-refractivity contribution is 6.74. The highest BCUT2D eigenvalue weighted by Crippen LogP contribution is 2.39. The molecule has 2 atom stereocenters. The molecule has 2 rings (SSSR count). The van der Waals surface area contributed by atoms with Gasteiger partial charge in [-0.25, -0.2) is 0 Å². The monoisotopic (exact) mass is 393 g/mol. The average Bonchev–Trinajstić information content (AvgIpc) is 2.82. The number of ether oxygens (including phenoxy) is 2. The maximum atomic E-state index is 12.7. The fourth-order valence-electron chi connectivity index (χ4n) is 2.80. The second-order valence-corrected chi connectivity index (χ2v) is 13.2. The molecule has 7 heteroatoms. The van der Waals surface area contributed by atoms with Gasteiger partial charge in [0.05, 0.1) is 13.5 Å². The number of benzene rings is 1. The number of rotatable bonds is 6. The normalized spacial score (nSPS) is 20.7. The van der Waals surface area contributed by atoms with Gasteiger partial charge >= 0.3 is 5.97 Å². The van der Waals surface area contributed by atoms with Crippen molar-refractivity contribution < 1.29 is 23.5 Å². The average molecular weight is 394 g/mol. The summed E-state index contributed by atoms with van der Waals surface area (Å²) in [6.45, 7) is 12.4. The van der Waals surface area contributed by atoms with Gasteiger partial charge in [0.1, 0.15) is 11.9 Å². The molecule has 0 bridgehead atoms. The van der Waals surface area contributed by atoms with E-state index in [0.717, 1.165) is 11.3 Å². The van der Waals surface area contributed by atoms with Gasteiger partial charge in [0.25, 0.3) is 0 Å². The number of hydrogen-bond acceptors (Lipinski definition) is 5. The molecule has 0 N–H and O–H groups in total. The van der Waals surface area contributed by atoms with Crippen LogP contribution in [0.1, 0.15) is 39.7 Å². The van der Waals surface area contributed by atoms with Crippen molar-refractivity contribution in [3.8, 4) is 5.75 Å². The molecule has 1 saturated heterocycles. The van der Waals surface area contributed by atoms with Crippen LogP contribution in [0.2, 0.25) is 18.1 Å². The molecule has 6 nitrogen and oxygen atoms in total. The molecule has 1 fully saturated rings. The fourth-order valence-corrected chi connectivity index (χ4v) is 4.11. The van der Waals surface area contributed by atoms with E-state index in [1.165, 1.54) is 6.92 Å². The zero-order valence-electron chi connectivity index (χ0n) is 17.4. The van der Waals surface area contributed by atoms with Crippen LogP contribution >= 0.6 is 0 Å². The van der Waals surface area contributed by atoms with E-state index in [-0.39, 0.29) is 17.4 Å². The van der Waals surface area contributed by atoms with Crippen LogP contribution in [0.25, 0.3) is 0 Å². The van der Waals surface area contributed by atoms with Crippen molar-refractivity contribution in [1.29, 1.82) is 0 Å². The number of amides is 1. The Morgan fingerprint density at radius 1 is 1.22 bits per heavy atom. The zero-order valence-corrected chi connectivity index (χ0v) is 18.4. The van der Waals surface area contributed by atoms with Crippen LogP contribution in [0.5, 0.6) is 5.75 Å². The first-order valence-electron chi connectivity index (χ1n) is 9.22. The SMILES string of the molecule is COc1ccc(CN2C(=O)C[C@H](O[Si](C)(C)C(C)(C)C)C2OC(C)=O)cc1. The quantitative estimate of drug-likeness (QED) is 0.544. The summed E-state index contributed by atoms with van der Waals surface area (Å²) in [6, 6.07) is 7.50. The highest BCUT2D eigenvalue weighted by atomic mass is 28.4. The molecule has 27 heavy (non-hydrogen) atoms. The van der Waals surface area contributed by atoms with Gasteiger partial charge in [-0.3, -0.25) is 9.59 Å². The molecule has 0 saturated carbocycles. The van der Waals surface area contributed by atoms with Crippen LogP contribution in [0, 0.1) is 0 Å². The lowest BCUT2D eigenvalue weighted by atomic mass is 10.2. The Hall–Kier alpha value is -1.86. The first-order chi connectivity index (χ1) is 12.4. The molecule has 1 amide bonds. The number of hydrogen-bond donors (Lipinski definition) is 0. The van der Waals surface area contributed by atoms with E-state index in [1.807, 2.05) is 24.3 Å². The minimum atomic E-state index is -2.11. The molecule has 1 heterocycles. The molecule has 1 aromatic carbocycles. The lowest BCUT2D eigenvalue weighted by Gasteiger charge is -2.39. The van der Waals surface area contributed by atoms with E-state index in [4.69, 9.17) is 13.9 Å². The first-order valence-corrected chi connectivity index (χ1v) is 12.1. The number of likely N-dealkylation sites (tertiary alicyclic amines) is 1. The minimum Gasteiger partial charge on any atom is -0.497 e. The van der Waals surface area contributed by atoms with Gasteiger partial charge in [0.2, 0.25) is 12.1 Å². The third kappa shape index (κ3) is 5.10. The highest BCUT2D eigenvalue weighted by Gasteiger charge is 2.48. The van der Waals surface area contributed by atoms with Crippen molar-refractivity contribution in [3.05, 3.63) is 29.8 Å². The summed E-state index contributed by atoms with van der Waals surface area (Å²) in [4.78, 5) is 26.0. The van der Waals surface area contributed by atoms with E-state index in [9.17, 15) is 9.59 Å².